The molecule has 0 fully saturated rings. The summed E-state index contributed by atoms with van der Waals surface area (Å²) < 4.78 is 76.8. The smallest absolute Gasteiger partial charge is 0.372 e. The molecule has 2 heterocycles. The first-order valence-electron chi connectivity index (χ1n) is 12.6. The van der Waals surface area contributed by atoms with E-state index in [2.05, 4.69) is 31.7 Å². The molecular formula is C28H26F5N7OS. The number of nitrogens with one attached hydrogen (secondary N) is 4. The average Bonchev–Trinajstić information content (AvgIpc) is 2.95. The van der Waals surface area contributed by atoms with Crippen LogP contribution in [0.5, 0.6) is 0 Å². The van der Waals surface area contributed by atoms with Crippen molar-refractivity contribution in [3.8, 4) is 11.1 Å². The first kappa shape index (κ1) is 30.4. The number of nitrogens with zero attached hydrogens (tertiary/aromatic N) is 2. The van der Waals surface area contributed by atoms with Crippen molar-refractivity contribution in [2.45, 2.75) is 23.9 Å². The van der Waals surface area contributed by atoms with Gasteiger partial charge < -0.3 is 21.7 Å². The maximum absolute atomic E-state index is 15.1. The van der Waals surface area contributed by atoms with Gasteiger partial charge in [0, 0.05) is 34.6 Å². The average molecular weight is 604 g/mol. The molecule has 1 amide bonds. The number of hydrogen-bond acceptors (Lipinski definition) is 7. The number of benzene rings is 3. The van der Waals surface area contributed by atoms with Gasteiger partial charge in [0.25, 0.3) is 0 Å². The van der Waals surface area contributed by atoms with Gasteiger partial charge in [-0.05, 0) is 66.9 Å². The van der Waals surface area contributed by atoms with Crippen molar-refractivity contribution in [3.63, 3.8) is 0 Å². The zero-order valence-electron chi connectivity index (χ0n) is 21.9. The van der Waals surface area contributed by atoms with Crippen LogP contribution in [-0.2, 0) is 21.7 Å². The van der Waals surface area contributed by atoms with Crippen molar-refractivity contribution in [1.29, 1.82) is 4.78 Å². The Bertz CT molecular complexity index is 1600. The zero-order valence-corrected chi connectivity index (χ0v) is 22.8. The number of aromatic nitrogens is 2. The van der Waals surface area contributed by atoms with Crippen LogP contribution in [0.1, 0.15) is 18.4 Å². The van der Waals surface area contributed by atoms with E-state index in [0.29, 0.717) is 47.6 Å². The molecule has 1 aliphatic heterocycles. The first-order chi connectivity index (χ1) is 20.1. The molecule has 0 saturated carbocycles. The third kappa shape index (κ3) is 7.57. The Morgan fingerprint density at radius 3 is 2.52 bits per heavy atom. The largest absolute Gasteiger partial charge is 0.416 e. The number of amides is 1. The van der Waals surface area contributed by atoms with E-state index in [1.54, 1.807) is 12.3 Å². The highest BCUT2D eigenvalue weighted by atomic mass is 32.2. The summed E-state index contributed by atoms with van der Waals surface area (Å²) in [6.45, 7) is 0.579. The summed E-state index contributed by atoms with van der Waals surface area (Å²) in [6, 6.07) is 13.6. The number of nitrogens with two attached hydrogens (primary N) is 1. The van der Waals surface area contributed by atoms with Crippen LogP contribution < -0.4 is 21.7 Å². The summed E-state index contributed by atoms with van der Waals surface area (Å²) in [4.78, 5) is 18.5. The van der Waals surface area contributed by atoms with E-state index < -0.39 is 39.8 Å². The molecule has 1 aliphatic rings. The molecule has 1 unspecified atom stereocenters. The van der Waals surface area contributed by atoms with E-state index in [1.165, 1.54) is 12.1 Å². The number of primary amides is 1. The van der Waals surface area contributed by atoms with Crippen LogP contribution in [0.3, 0.4) is 0 Å². The van der Waals surface area contributed by atoms with Crippen LogP contribution in [0.4, 0.5) is 50.8 Å². The lowest BCUT2D eigenvalue weighted by Gasteiger charge is -2.15. The highest BCUT2D eigenvalue weighted by Crippen LogP contribution is 2.35. The minimum absolute atomic E-state index is 0.185. The van der Waals surface area contributed by atoms with Gasteiger partial charge in [0.1, 0.15) is 17.5 Å². The Morgan fingerprint density at radius 2 is 1.79 bits per heavy atom. The molecule has 3 aromatic carbocycles. The number of carbonyl (C=O) groups excluding carboxylic acids is 1. The molecule has 0 saturated heterocycles. The van der Waals surface area contributed by atoms with E-state index in [9.17, 15) is 17.6 Å². The summed E-state index contributed by atoms with van der Waals surface area (Å²) in [5, 5.41) is 8.84. The summed E-state index contributed by atoms with van der Waals surface area (Å²) >= 11 is 0. The number of anilines is 5. The Hall–Kier alpha value is -4.59. The Kier molecular flexibility index (Phi) is 9.68. The van der Waals surface area contributed by atoms with Crippen LogP contribution in [0.2, 0.25) is 0 Å². The molecule has 220 valence electrons. The van der Waals surface area contributed by atoms with Gasteiger partial charge in [0.15, 0.2) is 0 Å². The van der Waals surface area contributed by atoms with Crippen molar-refractivity contribution in [2.75, 3.05) is 28.2 Å². The van der Waals surface area contributed by atoms with Gasteiger partial charge in [-0.15, -0.1) is 0 Å². The van der Waals surface area contributed by atoms with Gasteiger partial charge in [-0.3, -0.25) is 9.57 Å². The molecule has 42 heavy (non-hydrogen) atoms. The number of carbonyl (C=O) groups is 1. The fourth-order valence-electron chi connectivity index (χ4n) is 4.07. The fourth-order valence-corrected chi connectivity index (χ4v) is 5.31. The highest BCUT2D eigenvalue weighted by Gasteiger charge is 2.31. The van der Waals surface area contributed by atoms with Gasteiger partial charge >= 0.3 is 6.18 Å². The van der Waals surface area contributed by atoms with Crippen LogP contribution in [0, 0.1) is 16.4 Å². The van der Waals surface area contributed by atoms with Crippen molar-refractivity contribution >= 4 is 45.9 Å². The number of halogens is 5. The van der Waals surface area contributed by atoms with E-state index in [0.717, 1.165) is 29.2 Å². The minimum atomic E-state index is -4.67. The molecule has 14 heteroatoms. The Morgan fingerprint density at radius 1 is 1.00 bits per heavy atom. The van der Waals surface area contributed by atoms with Crippen LogP contribution in [0.15, 0.2) is 71.8 Å². The molecule has 0 radical (unpaired) electrons. The van der Waals surface area contributed by atoms with Crippen LogP contribution in [-0.4, -0.2) is 28.7 Å². The second-order valence-electron chi connectivity index (χ2n) is 8.99. The fraction of sp³-hybridized carbons (Fsp3) is 0.179. The third-order valence-electron chi connectivity index (χ3n) is 6.07. The number of hydrogen-bond donors (Lipinski definition) is 5. The standard InChI is InChI=1S/C27H23F5N6S.CH3NO/c28-21-8-7-17(27(30,31)32)13-24(21)37-23-9-6-16(12-22(23)29)20-15-35-26-36-18-4-3-5-19(14-18)39(33)11-2-1-10-34-25(20)38-26;2-1-3/h3-9,12-15,33,37H,1-2,10-11H2,(H2,34,35,36,38);1H,(H2,2,3). The highest BCUT2D eigenvalue weighted by molar-refractivity contribution is 7.86. The van der Waals surface area contributed by atoms with E-state index >= 15 is 4.39 Å². The molecule has 0 spiro atoms. The normalized spacial score (nSPS) is 14.8. The molecule has 0 aliphatic carbocycles. The summed E-state index contributed by atoms with van der Waals surface area (Å²) in [5.74, 6) is -0.213. The van der Waals surface area contributed by atoms with Crippen LogP contribution >= 0.6 is 0 Å². The maximum Gasteiger partial charge on any atom is 0.416 e. The summed E-state index contributed by atoms with van der Waals surface area (Å²) in [7, 11) is -0.635. The van der Waals surface area contributed by atoms with E-state index in [-0.39, 0.29) is 12.1 Å². The molecule has 8 nitrogen and oxygen atoms in total. The molecular weight excluding hydrogens is 577 g/mol. The Balaban J connectivity index is 0.00000129. The lowest BCUT2D eigenvalue weighted by atomic mass is 10.1. The monoisotopic (exact) mass is 603 g/mol. The summed E-state index contributed by atoms with van der Waals surface area (Å²) in [6.07, 6.45) is -1.23. The van der Waals surface area contributed by atoms with E-state index in [1.807, 2.05) is 24.3 Å². The second-order valence-corrected chi connectivity index (χ2v) is 10.6. The third-order valence-corrected chi connectivity index (χ3v) is 7.59. The lowest BCUT2D eigenvalue weighted by molar-refractivity contribution is -0.137. The molecule has 4 bridgehead atoms. The predicted molar refractivity (Wildman–Crippen MR) is 153 cm³/mol. The van der Waals surface area contributed by atoms with Crippen molar-refractivity contribution < 1.29 is 26.7 Å². The summed E-state index contributed by atoms with van der Waals surface area (Å²) in [5.41, 5.74) is 4.13. The topological polar surface area (TPSA) is 129 Å². The SMILES string of the molecule is N=S1CCCCNc2nc(ncc2-c2ccc(Nc3cc(C(F)(F)F)ccc3F)c(F)c2)Nc2cccc1c2.NC=O. The molecule has 1 atom stereocenters. The minimum Gasteiger partial charge on any atom is -0.372 e. The van der Waals surface area contributed by atoms with Crippen LogP contribution in [0.25, 0.3) is 11.1 Å². The molecule has 5 rings (SSSR count). The van der Waals surface area contributed by atoms with Crippen molar-refractivity contribution in [2.24, 2.45) is 5.73 Å². The van der Waals surface area contributed by atoms with Gasteiger partial charge in [-0.25, -0.2) is 13.8 Å². The molecule has 4 aromatic rings. The van der Waals surface area contributed by atoms with Crippen molar-refractivity contribution in [3.05, 3.63) is 84.1 Å². The predicted octanol–water partition coefficient (Wildman–Crippen LogP) is 6.97. The van der Waals surface area contributed by atoms with Gasteiger partial charge in [0.05, 0.1) is 16.9 Å². The number of fused-ring (bicyclic) bond motifs is 4. The van der Waals surface area contributed by atoms with Crippen molar-refractivity contribution in [1.82, 2.24) is 9.97 Å². The van der Waals surface area contributed by atoms with Gasteiger partial charge in [-0.1, -0.05) is 22.8 Å². The van der Waals surface area contributed by atoms with Gasteiger partial charge in [0.2, 0.25) is 12.4 Å². The molecule has 6 N–H and O–H groups in total. The number of rotatable bonds is 3. The lowest BCUT2D eigenvalue weighted by Crippen LogP contribution is -2.08. The Labute approximate surface area is 240 Å². The quantitative estimate of drug-likeness (QED) is 0.127. The molecule has 1 aromatic heterocycles. The zero-order chi connectivity index (χ0) is 30.3. The maximum atomic E-state index is 15.1. The first-order valence-corrected chi connectivity index (χ1v) is 14.0. The second kappa shape index (κ2) is 13.4. The van der Waals surface area contributed by atoms with Gasteiger partial charge in [-0.2, -0.15) is 18.2 Å². The van der Waals surface area contributed by atoms with E-state index in [4.69, 9.17) is 9.57 Å². The number of alkyl halides is 3.